The molecule has 2 aliphatic rings. The third-order valence-corrected chi connectivity index (χ3v) is 3.76. The number of benzene rings is 1. The van der Waals surface area contributed by atoms with E-state index in [0.717, 1.165) is 48.3 Å². The van der Waals surface area contributed by atoms with Crippen LogP contribution in [0.1, 0.15) is 37.4 Å². The van der Waals surface area contributed by atoms with Crippen molar-refractivity contribution < 1.29 is 9.53 Å². The first-order chi connectivity index (χ1) is 9.28. The Kier molecular flexibility index (Phi) is 3.15. The minimum absolute atomic E-state index is 0.0706. The van der Waals surface area contributed by atoms with Crippen molar-refractivity contribution in [3.05, 3.63) is 41.1 Å². The monoisotopic (exact) mass is 258 g/mol. The number of carbonyl (C=O) groups excluding carboxylic acids is 1. The fourth-order valence-electron chi connectivity index (χ4n) is 2.73. The van der Waals surface area contributed by atoms with E-state index in [2.05, 4.69) is 10.6 Å². The van der Waals surface area contributed by atoms with Gasteiger partial charge in [-0.15, -0.1) is 0 Å². The largest absolute Gasteiger partial charge is 0.497 e. The summed E-state index contributed by atoms with van der Waals surface area (Å²) in [6, 6.07) is 7.79. The summed E-state index contributed by atoms with van der Waals surface area (Å²) < 4.78 is 5.23. The normalized spacial score (nSPS) is 22.4. The lowest BCUT2D eigenvalue weighted by Crippen LogP contribution is -2.45. The van der Waals surface area contributed by atoms with E-state index in [1.54, 1.807) is 7.11 Å². The minimum Gasteiger partial charge on any atom is -0.497 e. The van der Waals surface area contributed by atoms with Crippen molar-refractivity contribution in [3.8, 4) is 5.75 Å². The molecule has 19 heavy (non-hydrogen) atoms. The molecule has 1 heterocycles. The zero-order chi connectivity index (χ0) is 13.2. The lowest BCUT2D eigenvalue weighted by Gasteiger charge is -2.32. The van der Waals surface area contributed by atoms with Gasteiger partial charge in [-0.3, -0.25) is 4.79 Å². The van der Waals surface area contributed by atoms with Crippen molar-refractivity contribution >= 4 is 5.91 Å². The summed E-state index contributed by atoms with van der Waals surface area (Å²) in [6.45, 7) is 0. The van der Waals surface area contributed by atoms with Gasteiger partial charge in [-0.25, -0.2) is 0 Å². The maximum atomic E-state index is 12.1. The van der Waals surface area contributed by atoms with Gasteiger partial charge in [0.25, 0.3) is 5.91 Å². The van der Waals surface area contributed by atoms with Gasteiger partial charge in [0.1, 0.15) is 11.9 Å². The molecule has 0 radical (unpaired) electrons. The van der Waals surface area contributed by atoms with Crippen LogP contribution in [-0.4, -0.2) is 13.0 Å². The number of methoxy groups -OCH3 is 1. The lowest BCUT2D eigenvalue weighted by molar-refractivity contribution is -0.119. The highest BCUT2D eigenvalue weighted by molar-refractivity contribution is 5.95. The van der Waals surface area contributed by atoms with E-state index in [1.165, 1.54) is 0 Å². The van der Waals surface area contributed by atoms with Crippen LogP contribution >= 0.6 is 0 Å². The zero-order valence-corrected chi connectivity index (χ0v) is 11.0. The number of nitrogens with one attached hydrogen (secondary N) is 2. The molecule has 0 aromatic heterocycles. The Labute approximate surface area is 112 Å². The highest BCUT2D eigenvalue weighted by Gasteiger charge is 2.28. The summed E-state index contributed by atoms with van der Waals surface area (Å²) in [4.78, 5) is 12.1. The van der Waals surface area contributed by atoms with Crippen molar-refractivity contribution in [2.45, 2.75) is 31.8 Å². The molecule has 0 spiro atoms. The van der Waals surface area contributed by atoms with E-state index in [0.29, 0.717) is 0 Å². The molecule has 100 valence electrons. The number of ether oxygens (including phenoxy) is 1. The first kappa shape index (κ1) is 12.1. The van der Waals surface area contributed by atoms with Gasteiger partial charge in [-0.05, 0) is 43.4 Å². The van der Waals surface area contributed by atoms with Crippen molar-refractivity contribution in [1.82, 2.24) is 10.6 Å². The van der Waals surface area contributed by atoms with E-state index in [4.69, 9.17) is 4.74 Å². The third-order valence-electron chi connectivity index (χ3n) is 3.76. The van der Waals surface area contributed by atoms with Crippen LogP contribution in [0.15, 0.2) is 35.5 Å². The second kappa shape index (κ2) is 4.96. The summed E-state index contributed by atoms with van der Waals surface area (Å²) in [6.07, 6.45) is 3.98. The molecule has 0 saturated heterocycles. The van der Waals surface area contributed by atoms with Crippen LogP contribution in [0.4, 0.5) is 0 Å². The van der Waals surface area contributed by atoms with Gasteiger partial charge in [0.05, 0.1) is 7.11 Å². The second-order valence-corrected chi connectivity index (χ2v) is 4.99. The molecule has 2 N–H and O–H groups in total. The van der Waals surface area contributed by atoms with E-state index in [-0.39, 0.29) is 12.1 Å². The number of hydrogen-bond acceptors (Lipinski definition) is 3. The Morgan fingerprint density at radius 1 is 1.21 bits per heavy atom. The summed E-state index contributed by atoms with van der Waals surface area (Å²) in [5.74, 6) is 0.873. The van der Waals surface area contributed by atoms with E-state index < -0.39 is 0 Å². The third kappa shape index (κ3) is 2.30. The van der Waals surface area contributed by atoms with Crippen LogP contribution in [0.5, 0.6) is 5.75 Å². The molecule has 1 atom stereocenters. The van der Waals surface area contributed by atoms with Gasteiger partial charge in [0, 0.05) is 11.3 Å². The molecule has 0 bridgehead atoms. The minimum atomic E-state index is -0.153. The molecule has 1 amide bonds. The topological polar surface area (TPSA) is 50.4 Å². The maximum absolute atomic E-state index is 12.1. The quantitative estimate of drug-likeness (QED) is 0.855. The number of amides is 1. The standard InChI is InChI=1S/C15H18N2O2/c1-19-11-6-4-5-10(9-11)14-16-13-8-3-2-7-12(13)15(18)17-14/h4-6,9,14,16H,2-3,7-8H2,1H3,(H,17,18). The molecule has 1 aliphatic heterocycles. The maximum Gasteiger partial charge on any atom is 0.250 e. The molecule has 0 fully saturated rings. The van der Waals surface area contributed by atoms with Crippen molar-refractivity contribution in [3.63, 3.8) is 0 Å². The van der Waals surface area contributed by atoms with E-state index >= 15 is 0 Å². The Morgan fingerprint density at radius 3 is 2.89 bits per heavy atom. The molecule has 1 aliphatic carbocycles. The SMILES string of the molecule is COc1cccc(C2NC(=O)C3=C(CCCC3)N2)c1. The molecule has 0 saturated carbocycles. The Balaban J connectivity index is 1.87. The summed E-state index contributed by atoms with van der Waals surface area (Å²) in [5, 5.41) is 6.47. The number of rotatable bonds is 2. The molecule has 4 heteroatoms. The van der Waals surface area contributed by atoms with Crippen molar-refractivity contribution in [2.75, 3.05) is 7.11 Å². The molecular formula is C15H18N2O2. The van der Waals surface area contributed by atoms with Crippen LogP contribution in [0.25, 0.3) is 0 Å². The van der Waals surface area contributed by atoms with Gasteiger partial charge in [0.2, 0.25) is 0 Å². The fourth-order valence-corrected chi connectivity index (χ4v) is 2.73. The first-order valence-corrected chi connectivity index (χ1v) is 6.71. The van der Waals surface area contributed by atoms with Crippen molar-refractivity contribution in [1.29, 1.82) is 0 Å². The molecule has 1 aromatic rings. The van der Waals surface area contributed by atoms with Gasteiger partial charge in [-0.2, -0.15) is 0 Å². The molecule has 4 nitrogen and oxygen atoms in total. The Morgan fingerprint density at radius 2 is 2.05 bits per heavy atom. The fraction of sp³-hybridized carbons (Fsp3) is 0.400. The van der Waals surface area contributed by atoms with Crippen molar-refractivity contribution in [2.24, 2.45) is 0 Å². The summed E-state index contributed by atoms with van der Waals surface area (Å²) >= 11 is 0. The predicted molar refractivity (Wildman–Crippen MR) is 72.5 cm³/mol. The summed E-state index contributed by atoms with van der Waals surface area (Å²) in [7, 11) is 1.65. The smallest absolute Gasteiger partial charge is 0.250 e. The predicted octanol–water partition coefficient (Wildman–Crippen LogP) is 2.24. The molecule has 3 rings (SSSR count). The lowest BCUT2D eigenvalue weighted by atomic mass is 9.93. The highest BCUT2D eigenvalue weighted by Crippen LogP contribution is 2.29. The zero-order valence-electron chi connectivity index (χ0n) is 11.0. The van der Waals surface area contributed by atoms with Gasteiger partial charge < -0.3 is 15.4 Å². The molecular weight excluding hydrogens is 240 g/mol. The molecule has 1 aromatic carbocycles. The Hall–Kier alpha value is -1.97. The summed E-state index contributed by atoms with van der Waals surface area (Å²) in [5.41, 5.74) is 3.07. The Bertz CT molecular complexity index is 537. The average Bonchev–Trinajstić information content (AvgIpc) is 2.47. The van der Waals surface area contributed by atoms with E-state index in [9.17, 15) is 4.79 Å². The molecule has 1 unspecified atom stereocenters. The van der Waals surface area contributed by atoms with Crippen LogP contribution in [0.3, 0.4) is 0 Å². The first-order valence-electron chi connectivity index (χ1n) is 6.71. The average molecular weight is 258 g/mol. The highest BCUT2D eigenvalue weighted by atomic mass is 16.5. The van der Waals surface area contributed by atoms with Gasteiger partial charge >= 0.3 is 0 Å². The van der Waals surface area contributed by atoms with Gasteiger partial charge in [-0.1, -0.05) is 12.1 Å². The van der Waals surface area contributed by atoms with Crippen LogP contribution < -0.4 is 15.4 Å². The van der Waals surface area contributed by atoms with Gasteiger partial charge in [0.15, 0.2) is 0 Å². The number of allylic oxidation sites excluding steroid dienone is 1. The van der Waals surface area contributed by atoms with Crippen LogP contribution in [0, 0.1) is 0 Å². The van der Waals surface area contributed by atoms with E-state index in [1.807, 2.05) is 24.3 Å². The van der Waals surface area contributed by atoms with Crippen LogP contribution in [-0.2, 0) is 4.79 Å². The van der Waals surface area contributed by atoms with Crippen LogP contribution in [0.2, 0.25) is 0 Å². The number of hydrogen-bond donors (Lipinski definition) is 2. The number of carbonyl (C=O) groups is 1. The second-order valence-electron chi connectivity index (χ2n) is 4.99.